The number of carbonyl (C=O) groups is 1. The Kier molecular flexibility index (Phi) is 2.74. The van der Waals surface area contributed by atoms with Crippen LogP contribution in [0.2, 0.25) is 0 Å². The van der Waals surface area contributed by atoms with Crippen molar-refractivity contribution >= 4 is 17.6 Å². The lowest BCUT2D eigenvalue weighted by atomic mass is 9.76. The second kappa shape index (κ2) is 3.73. The Hall–Kier alpha value is -0.240. The zero-order chi connectivity index (χ0) is 10.2. The molecule has 2 fully saturated rings. The predicted octanol–water partition coefficient (Wildman–Crippen LogP) is 2.88. The highest BCUT2D eigenvalue weighted by molar-refractivity contribution is 6.36. The minimum Gasteiger partial charge on any atom is -0.458 e. The van der Waals surface area contributed by atoms with Gasteiger partial charge in [0.1, 0.15) is 6.10 Å². The van der Waals surface area contributed by atoms with Crippen LogP contribution in [0.25, 0.3) is 0 Å². The summed E-state index contributed by atoms with van der Waals surface area (Å²) in [6.45, 7) is 1.96. The van der Waals surface area contributed by atoms with E-state index in [4.69, 9.17) is 16.3 Å². The first-order valence-electron chi connectivity index (χ1n) is 5.58. The predicted molar refractivity (Wildman–Crippen MR) is 55.3 cm³/mol. The molecule has 2 atom stereocenters. The van der Waals surface area contributed by atoms with Gasteiger partial charge in [-0.05, 0) is 25.2 Å². The molecule has 2 rings (SSSR count). The average molecular weight is 217 g/mol. The highest BCUT2D eigenvalue weighted by Gasteiger charge is 2.58. The molecule has 80 valence electrons. The lowest BCUT2D eigenvalue weighted by Gasteiger charge is -2.46. The fourth-order valence-corrected chi connectivity index (χ4v) is 2.88. The molecule has 2 nitrogen and oxygen atoms in total. The lowest BCUT2D eigenvalue weighted by molar-refractivity contribution is -0.187. The Morgan fingerprint density at radius 3 is 2.57 bits per heavy atom. The van der Waals surface area contributed by atoms with Crippen molar-refractivity contribution in [2.75, 3.05) is 0 Å². The van der Waals surface area contributed by atoms with Gasteiger partial charge in [0.15, 0.2) is 4.87 Å². The number of hydrogen-bond acceptors (Lipinski definition) is 2. The molecule has 1 saturated heterocycles. The SMILES string of the molecule is CC[C@]1(Cl)C(=O)O[C@H]1C1CCCCC1. The number of cyclic esters (lactones) is 1. The molecule has 0 aromatic carbocycles. The standard InChI is InChI=1S/C11H17ClO2/c1-2-11(12)9(14-10(11)13)8-6-4-3-5-7-8/h8-9H,2-7H2,1H3/t9-,11+/m0/s1. The number of rotatable bonds is 2. The number of ether oxygens (including phenoxy) is 1. The molecule has 0 spiro atoms. The monoisotopic (exact) mass is 216 g/mol. The van der Waals surface area contributed by atoms with E-state index >= 15 is 0 Å². The van der Waals surface area contributed by atoms with Gasteiger partial charge in [-0.15, -0.1) is 11.6 Å². The van der Waals surface area contributed by atoms with E-state index < -0.39 is 4.87 Å². The fourth-order valence-electron chi connectivity index (χ4n) is 2.62. The van der Waals surface area contributed by atoms with Crippen molar-refractivity contribution in [2.45, 2.75) is 56.4 Å². The zero-order valence-corrected chi connectivity index (χ0v) is 9.35. The summed E-state index contributed by atoms with van der Waals surface area (Å²) in [7, 11) is 0. The van der Waals surface area contributed by atoms with Crippen molar-refractivity contribution in [1.29, 1.82) is 0 Å². The van der Waals surface area contributed by atoms with Crippen LogP contribution < -0.4 is 0 Å². The molecule has 0 bridgehead atoms. The summed E-state index contributed by atoms with van der Waals surface area (Å²) >= 11 is 6.27. The number of esters is 1. The second-order valence-electron chi connectivity index (χ2n) is 4.44. The third-order valence-corrected chi connectivity index (χ3v) is 4.25. The Labute approximate surface area is 90.0 Å². The van der Waals surface area contributed by atoms with Crippen LogP contribution in [-0.4, -0.2) is 16.9 Å². The van der Waals surface area contributed by atoms with Gasteiger partial charge < -0.3 is 4.74 Å². The van der Waals surface area contributed by atoms with Gasteiger partial charge in [-0.25, -0.2) is 4.79 Å². The maximum absolute atomic E-state index is 11.3. The van der Waals surface area contributed by atoms with Gasteiger partial charge in [-0.3, -0.25) is 0 Å². The van der Waals surface area contributed by atoms with Gasteiger partial charge in [0.25, 0.3) is 0 Å². The molecule has 0 aromatic rings. The summed E-state index contributed by atoms with van der Waals surface area (Å²) < 4.78 is 5.21. The van der Waals surface area contributed by atoms with E-state index in [0.29, 0.717) is 12.3 Å². The summed E-state index contributed by atoms with van der Waals surface area (Å²) in [6.07, 6.45) is 6.86. The molecule has 3 heteroatoms. The smallest absolute Gasteiger partial charge is 0.331 e. The van der Waals surface area contributed by atoms with Gasteiger partial charge in [-0.2, -0.15) is 0 Å². The lowest BCUT2D eigenvalue weighted by Crippen LogP contribution is -2.61. The Morgan fingerprint density at radius 1 is 1.43 bits per heavy atom. The van der Waals surface area contributed by atoms with Crippen LogP contribution >= 0.6 is 11.6 Å². The first-order valence-corrected chi connectivity index (χ1v) is 5.96. The number of carbonyl (C=O) groups excluding carboxylic acids is 1. The quantitative estimate of drug-likeness (QED) is 0.524. The highest BCUT2D eigenvalue weighted by Crippen LogP contribution is 2.45. The molecule has 14 heavy (non-hydrogen) atoms. The van der Waals surface area contributed by atoms with Gasteiger partial charge in [0.2, 0.25) is 0 Å². The van der Waals surface area contributed by atoms with Crippen LogP contribution in [0.1, 0.15) is 45.4 Å². The Morgan fingerprint density at radius 2 is 2.07 bits per heavy atom. The van der Waals surface area contributed by atoms with Crippen molar-refractivity contribution in [3.8, 4) is 0 Å². The minimum atomic E-state index is -0.692. The molecule has 1 heterocycles. The van der Waals surface area contributed by atoms with E-state index in [1.165, 1.54) is 32.1 Å². The van der Waals surface area contributed by atoms with E-state index in [-0.39, 0.29) is 12.1 Å². The number of hydrogen-bond donors (Lipinski definition) is 0. The van der Waals surface area contributed by atoms with Crippen LogP contribution in [0.4, 0.5) is 0 Å². The molecule has 1 aliphatic heterocycles. The normalized spacial score (nSPS) is 39.0. The van der Waals surface area contributed by atoms with Gasteiger partial charge in [0.05, 0.1) is 0 Å². The van der Waals surface area contributed by atoms with E-state index in [0.717, 1.165) is 0 Å². The molecule has 0 unspecified atom stereocenters. The van der Waals surface area contributed by atoms with E-state index in [9.17, 15) is 4.79 Å². The van der Waals surface area contributed by atoms with Gasteiger partial charge in [-0.1, -0.05) is 26.2 Å². The van der Waals surface area contributed by atoms with Crippen molar-refractivity contribution in [3.05, 3.63) is 0 Å². The van der Waals surface area contributed by atoms with Crippen LogP contribution in [0.5, 0.6) is 0 Å². The maximum Gasteiger partial charge on any atom is 0.331 e. The van der Waals surface area contributed by atoms with Crippen molar-refractivity contribution in [3.63, 3.8) is 0 Å². The summed E-state index contributed by atoms with van der Waals surface area (Å²) in [5.41, 5.74) is 0. The first-order chi connectivity index (χ1) is 6.68. The van der Waals surface area contributed by atoms with E-state index in [1.807, 2.05) is 6.92 Å². The summed E-state index contributed by atoms with van der Waals surface area (Å²) in [5, 5.41) is 0. The van der Waals surface area contributed by atoms with Gasteiger partial charge >= 0.3 is 5.97 Å². The molecular formula is C11H17ClO2. The molecule has 1 aliphatic carbocycles. The van der Waals surface area contributed by atoms with E-state index in [2.05, 4.69) is 0 Å². The van der Waals surface area contributed by atoms with Crippen LogP contribution in [-0.2, 0) is 9.53 Å². The molecule has 0 amide bonds. The molecule has 0 aromatic heterocycles. The second-order valence-corrected chi connectivity index (χ2v) is 5.11. The zero-order valence-electron chi connectivity index (χ0n) is 8.59. The Bertz CT molecular complexity index is 235. The first kappa shape index (κ1) is 10.3. The third kappa shape index (κ3) is 1.44. The Balaban J connectivity index is 2.01. The molecular weight excluding hydrogens is 200 g/mol. The summed E-state index contributed by atoms with van der Waals surface area (Å²) in [5.74, 6) is 0.302. The van der Waals surface area contributed by atoms with Crippen LogP contribution in [0.3, 0.4) is 0 Å². The highest BCUT2D eigenvalue weighted by atomic mass is 35.5. The van der Waals surface area contributed by atoms with Crippen LogP contribution in [0, 0.1) is 5.92 Å². The topological polar surface area (TPSA) is 26.3 Å². The van der Waals surface area contributed by atoms with Crippen molar-refractivity contribution < 1.29 is 9.53 Å². The van der Waals surface area contributed by atoms with Gasteiger partial charge in [0, 0.05) is 0 Å². The minimum absolute atomic E-state index is 0.0121. The molecule has 1 saturated carbocycles. The average Bonchev–Trinajstić information content (AvgIpc) is 2.25. The van der Waals surface area contributed by atoms with Crippen LogP contribution in [0.15, 0.2) is 0 Å². The molecule has 0 N–H and O–H groups in total. The third-order valence-electron chi connectivity index (χ3n) is 3.62. The fraction of sp³-hybridized carbons (Fsp3) is 0.909. The van der Waals surface area contributed by atoms with E-state index in [1.54, 1.807) is 0 Å². The number of alkyl halides is 1. The summed E-state index contributed by atoms with van der Waals surface area (Å²) in [6, 6.07) is 0. The summed E-state index contributed by atoms with van der Waals surface area (Å²) in [4.78, 5) is 10.6. The number of halogens is 1. The molecule has 2 aliphatic rings. The molecule has 0 radical (unpaired) electrons. The van der Waals surface area contributed by atoms with Crippen molar-refractivity contribution in [1.82, 2.24) is 0 Å². The largest absolute Gasteiger partial charge is 0.458 e. The maximum atomic E-state index is 11.3. The van der Waals surface area contributed by atoms with Crippen molar-refractivity contribution in [2.24, 2.45) is 5.92 Å².